The van der Waals surface area contributed by atoms with Gasteiger partial charge in [-0.2, -0.15) is 0 Å². The topological polar surface area (TPSA) is 66.4 Å². The third-order valence-corrected chi connectivity index (χ3v) is 5.11. The molecule has 1 amide bonds. The van der Waals surface area contributed by atoms with Crippen LogP contribution in [0.25, 0.3) is 10.8 Å². The van der Waals surface area contributed by atoms with Crippen LogP contribution in [-0.4, -0.2) is 22.5 Å². The van der Waals surface area contributed by atoms with Gasteiger partial charge >= 0.3 is 5.97 Å². The molecular formula is C20H23NO3. The zero-order chi connectivity index (χ0) is 17.2. The predicted octanol–water partition coefficient (Wildman–Crippen LogP) is 3.53. The highest BCUT2D eigenvalue weighted by Crippen LogP contribution is 2.34. The van der Waals surface area contributed by atoms with Gasteiger partial charge in [-0.05, 0) is 36.1 Å². The van der Waals surface area contributed by atoms with Crippen molar-refractivity contribution in [2.45, 2.75) is 44.6 Å². The van der Waals surface area contributed by atoms with E-state index < -0.39 is 17.4 Å². The van der Waals surface area contributed by atoms with Crippen molar-refractivity contribution in [2.75, 3.05) is 0 Å². The van der Waals surface area contributed by atoms with Crippen LogP contribution in [-0.2, 0) is 16.0 Å². The summed E-state index contributed by atoms with van der Waals surface area (Å²) in [7, 11) is 0. The van der Waals surface area contributed by atoms with Crippen LogP contribution in [0, 0.1) is 5.92 Å². The van der Waals surface area contributed by atoms with E-state index in [1.165, 1.54) is 0 Å². The predicted molar refractivity (Wildman–Crippen MR) is 93.8 cm³/mol. The van der Waals surface area contributed by atoms with E-state index in [1.54, 1.807) is 0 Å². The molecule has 0 aliphatic heterocycles. The molecule has 2 aromatic rings. The Labute approximate surface area is 141 Å². The summed E-state index contributed by atoms with van der Waals surface area (Å²) in [5.74, 6) is -1.43. The number of amides is 1. The zero-order valence-electron chi connectivity index (χ0n) is 13.9. The number of rotatable bonds is 4. The Morgan fingerprint density at radius 3 is 2.67 bits per heavy atom. The second kappa shape index (κ2) is 6.63. The van der Waals surface area contributed by atoms with Gasteiger partial charge in [0, 0.05) is 0 Å². The zero-order valence-corrected chi connectivity index (χ0v) is 13.9. The van der Waals surface area contributed by atoms with E-state index in [4.69, 9.17) is 0 Å². The number of hydrogen-bond donors (Lipinski definition) is 2. The lowest BCUT2D eigenvalue weighted by molar-refractivity contribution is -0.146. The van der Waals surface area contributed by atoms with E-state index in [-0.39, 0.29) is 12.3 Å². The molecule has 4 heteroatoms. The fourth-order valence-electron chi connectivity index (χ4n) is 3.78. The smallest absolute Gasteiger partial charge is 0.308 e. The van der Waals surface area contributed by atoms with Gasteiger partial charge in [0.1, 0.15) is 0 Å². The highest BCUT2D eigenvalue weighted by atomic mass is 16.4. The summed E-state index contributed by atoms with van der Waals surface area (Å²) >= 11 is 0. The Hall–Kier alpha value is -2.36. The quantitative estimate of drug-likeness (QED) is 0.903. The van der Waals surface area contributed by atoms with Crippen molar-refractivity contribution in [1.82, 2.24) is 5.32 Å². The summed E-state index contributed by atoms with van der Waals surface area (Å²) in [5.41, 5.74) is 0.287. The molecule has 1 aliphatic rings. The molecule has 0 radical (unpaired) electrons. The number of fused-ring (bicyclic) bond motifs is 1. The number of carbonyl (C=O) groups is 2. The summed E-state index contributed by atoms with van der Waals surface area (Å²) in [5, 5.41) is 14.7. The first-order valence-electron chi connectivity index (χ1n) is 8.49. The van der Waals surface area contributed by atoms with Crippen LogP contribution in [0.3, 0.4) is 0 Å². The maximum atomic E-state index is 12.5. The van der Waals surface area contributed by atoms with Gasteiger partial charge in [0.25, 0.3) is 0 Å². The average molecular weight is 325 g/mol. The van der Waals surface area contributed by atoms with Crippen LogP contribution in [0.1, 0.15) is 38.2 Å². The highest BCUT2D eigenvalue weighted by Gasteiger charge is 2.42. The molecule has 1 aliphatic carbocycles. The second-order valence-electron chi connectivity index (χ2n) is 6.96. The van der Waals surface area contributed by atoms with Crippen LogP contribution in [0.15, 0.2) is 42.5 Å². The maximum absolute atomic E-state index is 12.5. The SMILES string of the molecule is CC1(NC(=O)Cc2ccc3ccccc3c2)CCCCC1C(=O)O. The van der Waals surface area contributed by atoms with E-state index in [9.17, 15) is 14.7 Å². The first-order chi connectivity index (χ1) is 11.5. The van der Waals surface area contributed by atoms with E-state index in [0.29, 0.717) is 12.8 Å². The molecule has 2 aromatic carbocycles. The summed E-state index contributed by atoms with van der Waals surface area (Å²) in [6.45, 7) is 1.86. The number of carbonyl (C=O) groups excluding carboxylic acids is 1. The number of carboxylic acid groups (broad SMARTS) is 1. The highest BCUT2D eigenvalue weighted by molar-refractivity contribution is 5.86. The molecule has 126 valence electrons. The van der Waals surface area contributed by atoms with Crippen molar-refractivity contribution in [2.24, 2.45) is 5.92 Å². The number of benzene rings is 2. The Morgan fingerprint density at radius 2 is 1.92 bits per heavy atom. The second-order valence-corrected chi connectivity index (χ2v) is 6.96. The van der Waals surface area contributed by atoms with Crippen molar-refractivity contribution < 1.29 is 14.7 Å². The fourth-order valence-corrected chi connectivity index (χ4v) is 3.78. The Morgan fingerprint density at radius 1 is 1.17 bits per heavy atom. The minimum Gasteiger partial charge on any atom is -0.481 e. The first kappa shape index (κ1) is 16.5. The number of aliphatic carboxylic acids is 1. The van der Waals surface area contributed by atoms with Gasteiger partial charge < -0.3 is 10.4 Å². The van der Waals surface area contributed by atoms with Crippen molar-refractivity contribution in [1.29, 1.82) is 0 Å². The molecule has 0 aromatic heterocycles. The maximum Gasteiger partial charge on any atom is 0.308 e. The molecule has 4 nitrogen and oxygen atoms in total. The lowest BCUT2D eigenvalue weighted by Crippen LogP contribution is -2.55. The van der Waals surface area contributed by atoms with Gasteiger partial charge in [-0.15, -0.1) is 0 Å². The molecule has 3 rings (SSSR count). The monoisotopic (exact) mass is 325 g/mol. The van der Waals surface area contributed by atoms with E-state index >= 15 is 0 Å². The Bertz CT molecular complexity index is 770. The van der Waals surface area contributed by atoms with Gasteiger partial charge in [0.15, 0.2) is 0 Å². The summed E-state index contributed by atoms with van der Waals surface area (Å²) in [4.78, 5) is 24.0. The van der Waals surface area contributed by atoms with Crippen LogP contribution in [0.5, 0.6) is 0 Å². The number of hydrogen-bond acceptors (Lipinski definition) is 2. The summed E-state index contributed by atoms with van der Waals surface area (Å²) in [6.07, 6.45) is 3.48. The lowest BCUT2D eigenvalue weighted by atomic mass is 9.74. The van der Waals surface area contributed by atoms with Crippen LogP contribution in [0.2, 0.25) is 0 Å². The van der Waals surface area contributed by atoms with Crippen molar-refractivity contribution >= 4 is 22.6 Å². The molecule has 0 heterocycles. The molecule has 24 heavy (non-hydrogen) atoms. The molecule has 2 atom stereocenters. The normalized spacial score (nSPS) is 23.8. The molecular weight excluding hydrogens is 302 g/mol. The largest absolute Gasteiger partial charge is 0.481 e. The number of carboxylic acids is 1. The Balaban J connectivity index is 1.72. The van der Waals surface area contributed by atoms with Gasteiger partial charge in [-0.1, -0.05) is 55.3 Å². The summed E-state index contributed by atoms with van der Waals surface area (Å²) in [6, 6.07) is 14.0. The van der Waals surface area contributed by atoms with Crippen molar-refractivity contribution in [3.8, 4) is 0 Å². The van der Waals surface area contributed by atoms with Gasteiger partial charge in [-0.25, -0.2) is 0 Å². The lowest BCUT2D eigenvalue weighted by Gasteiger charge is -2.39. The van der Waals surface area contributed by atoms with E-state index in [1.807, 2.05) is 49.4 Å². The minimum atomic E-state index is -0.816. The average Bonchev–Trinajstić information content (AvgIpc) is 2.54. The minimum absolute atomic E-state index is 0.110. The van der Waals surface area contributed by atoms with Gasteiger partial charge in [-0.3, -0.25) is 9.59 Å². The number of nitrogens with one attached hydrogen (secondary N) is 1. The molecule has 2 N–H and O–H groups in total. The molecule has 1 saturated carbocycles. The molecule has 0 bridgehead atoms. The van der Waals surface area contributed by atoms with Crippen LogP contribution in [0.4, 0.5) is 0 Å². The van der Waals surface area contributed by atoms with Crippen LogP contribution >= 0.6 is 0 Å². The Kier molecular flexibility index (Phi) is 4.56. The van der Waals surface area contributed by atoms with E-state index in [2.05, 4.69) is 5.32 Å². The van der Waals surface area contributed by atoms with Gasteiger partial charge in [0.05, 0.1) is 17.9 Å². The van der Waals surface area contributed by atoms with Crippen molar-refractivity contribution in [3.05, 3.63) is 48.0 Å². The summed E-state index contributed by atoms with van der Waals surface area (Å²) < 4.78 is 0. The molecule has 0 spiro atoms. The molecule has 1 fully saturated rings. The third kappa shape index (κ3) is 3.42. The molecule has 2 unspecified atom stereocenters. The van der Waals surface area contributed by atoms with Gasteiger partial charge in [0.2, 0.25) is 5.91 Å². The standard InChI is InChI=1S/C20H23NO3/c1-20(11-5-4-8-17(20)19(23)24)21-18(22)13-14-9-10-15-6-2-3-7-16(15)12-14/h2-3,6-7,9-10,12,17H,4-5,8,11,13H2,1H3,(H,21,22)(H,23,24). The third-order valence-electron chi connectivity index (χ3n) is 5.11. The fraction of sp³-hybridized carbons (Fsp3) is 0.400. The first-order valence-corrected chi connectivity index (χ1v) is 8.49. The molecule has 0 saturated heterocycles. The van der Waals surface area contributed by atoms with Crippen LogP contribution < -0.4 is 5.32 Å². The van der Waals surface area contributed by atoms with Crippen molar-refractivity contribution in [3.63, 3.8) is 0 Å². The van der Waals surface area contributed by atoms with E-state index in [0.717, 1.165) is 29.2 Å².